The van der Waals surface area contributed by atoms with E-state index >= 15 is 0 Å². The number of hydrogen-bond acceptors (Lipinski definition) is 2. The van der Waals surface area contributed by atoms with Crippen molar-refractivity contribution in [1.82, 2.24) is 9.97 Å². The first-order valence-electron chi connectivity index (χ1n) is 7.53. The molecule has 0 saturated heterocycles. The van der Waals surface area contributed by atoms with E-state index in [4.69, 9.17) is 11.6 Å². The molecule has 3 nitrogen and oxygen atoms in total. The normalized spacial score (nSPS) is 15.0. The van der Waals surface area contributed by atoms with Crippen LogP contribution in [0.5, 0.6) is 0 Å². The molecule has 3 heterocycles. The number of nitrogens with zero attached hydrogens (tertiary/aromatic N) is 2. The smallest absolute Gasteiger partial charge is 0.131 e. The Labute approximate surface area is 138 Å². The minimum Gasteiger partial charge on any atom is -0.367 e. The Balaban J connectivity index is 1.62. The third-order valence-electron chi connectivity index (χ3n) is 4.27. The molecule has 5 heteroatoms. The Morgan fingerprint density at radius 3 is 2.91 bits per heavy atom. The average molecular weight is 328 g/mol. The molecule has 0 saturated carbocycles. The van der Waals surface area contributed by atoms with E-state index < -0.39 is 0 Å². The number of aromatic amines is 1. The lowest BCUT2D eigenvalue weighted by Gasteiger charge is -2.28. The molecule has 0 spiro atoms. The number of benzene rings is 1. The van der Waals surface area contributed by atoms with Gasteiger partial charge in [0.15, 0.2) is 0 Å². The van der Waals surface area contributed by atoms with Crippen LogP contribution in [0, 0.1) is 5.82 Å². The summed E-state index contributed by atoms with van der Waals surface area (Å²) in [7, 11) is 0. The van der Waals surface area contributed by atoms with Crippen LogP contribution in [0.3, 0.4) is 0 Å². The lowest BCUT2D eigenvalue weighted by molar-refractivity contribution is 0.629. The second kappa shape index (κ2) is 5.70. The van der Waals surface area contributed by atoms with Gasteiger partial charge in [0.05, 0.1) is 0 Å². The highest BCUT2D eigenvalue weighted by Gasteiger charge is 2.16. The Bertz CT molecular complexity index is 900. The molecule has 0 unspecified atom stereocenters. The van der Waals surface area contributed by atoms with Gasteiger partial charge in [0, 0.05) is 47.6 Å². The molecule has 23 heavy (non-hydrogen) atoms. The summed E-state index contributed by atoms with van der Waals surface area (Å²) in [5, 5.41) is 1.58. The quantitative estimate of drug-likeness (QED) is 0.695. The van der Waals surface area contributed by atoms with Gasteiger partial charge in [-0.3, -0.25) is 0 Å². The minimum absolute atomic E-state index is 0.218. The topological polar surface area (TPSA) is 31.9 Å². The van der Waals surface area contributed by atoms with E-state index in [0.717, 1.165) is 41.7 Å². The van der Waals surface area contributed by atoms with E-state index in [1.807, 2.05) is 24.4 Å². The third kappa shape index (κ3) is 2.70. The van der Waals surface area contributed by atoms with Crippen molar-refractivity contribution in [3.05, 3.63) is 65.3 Å². The van der Waals surface area contributed by atoms with E-state index in [2.05, 4.69) is 20.9 Å². The molecular weight excluding hydrogens is 313 g/mol. The predicted octanol–water partition coefficient (Wildman–Crippen LogP) is 4.65. The second-order valence-electron chi connectivity index (χ2n) is 5.65. The van der Waals surface area contributed by atoms with Crippen LogP contribution in [0.1, 0.15) is 12.0 Å². The van der Waals surface area contributed by atoms with Crippen molar-refractivity contribution in [2.75, 3.05) is 18.0 Å². The zero-order valence-corrected chi connectivity index (χ0v) is 13.1. The van der Waals surface area contributed by atoms with Gasteiger partial charge in [-0.05, 0) is 42.3 Å². The Morgan fingerprint density at radius 2 is 2.13 bits per heavy atom. The Kier molecular flexibility index (Phi) is 3.54. The fourth-order valence-corrected chi connectivity index (χ4v) is 3.27. The second-order valence-corrected chi connectivity index (χ2v) is 6.04. The summed E-state index contributed by atoms with van der Waals surface area (Å²) in [4.78, 5) is 9.45. The first-order valence-corrected chi connectivity index (χ1v) is 7.91. The first-order chi connectivity index (χ1) is 11.2. The molecular formula is C18H15ClFN3. The van der Waals surface area contributed by atoms with Crippen LogP contribution in [0.15, 0.2) is 48.8 Å². The number of anilines is 1. The van der Waals surface area contributed by atoms with Crippen molar-refractivity contribution in [3.63, 3.8) is 0 Å². The third-order valence-corrected chi connectivity index (χ3v) is 4.48. The van der Waals surface area contributed by atoms with Crippen LogP contribution in [0.2, 0.25) is 5.15 Å². The number of fused-ring (bicyclic) bond motifs is 1. The molecule has 0 bridgehead atoms. The van der Waals surface area contributed by atoms with Crippen molar-refractivity contribution < 1.29 is 4.39 Å². The number of nitrogens with one attached hydrogen (secondary N) is 1. The molecule has 0 fully saturated rings. The van der Waals surface area contributed by atoms with Gasteiger partial charge >= 0.3 is 0 Å². The van der Waals surface area contributed by atoms with Gasteiger partial charge in [0.25, 0.3) is 0 Å². The van der Waals surface area contributed by atoms with Crippen LogP contribution in [-0.4, -0.2) is 23.1 Å². The molecule has 0 radical (unpaired) electrons. The van der Waals surface area contributed by atoms with Crippen LogP contribution >= 0.6 is 11.6 Å². The first kappa shape index (κ1) is 14.3. The molecule has 2 aromatic heterocycles. The standard InChI is InChI=1S/C18H15ClFN3/c19-18-10-14(3-6-21-18)23-7-4-12(5-8-23)16-11-22-17-9-13(20)1-2-15(16)17/h1-4,6,9-11,22H,5,7-8H2. The summed E-state index contributed by atoms with van der Waals surface area (Å²) in [5.74, 6) is -0.218. The number of H-pyrrole nitrogens is 1. The van der Waals surface area contributed by atoms with Gasteiger partial charge in [-0.2, -0.15) is 0 Å². The monoisotopic (exact) mass is 327 g/mol. The summed E-state index contributed by atoms with van der Waals surface area (Å²) in [5.41, 5.74) is 4.37. The average Bonchev–Trinajstić information content (AvgIpc) is 2.98. The van der Waals surface area contributed by atoms with Gasteiger partial charge in [-0.1, -0.05) is 17.7 Å². The minimum atomic E-state index is -0.218. The fraction of sp³-hybridized carbons (Fsp3) is 0.167. The van der Waals surface area contributed by atoms with Gasteiger partial charge in [0.2, 0.25) is 0 Å². The summed E-state index contributed by atoms with van der Waals surface area (Å²) < 4.78 is 13.3. The maximum absolute atomic E-state index is 13.3. The summed E-state index contributed by atoms with van der Waals surface area (Å²) in [6.45, 7) is 1.74. The van der Waals surface area contributed by atoms with E-state index in [-0.39, 0.29) is 5.82 Å². The predicted molar refractivity (Wildman–Crippen MR) is 92.3 cm³/mol. The largest absolute Gasteiger partial charge is 0.367 e. The van der Waals surface area contributed by atoms with Gasteiger partial charge in [0.1, 0.15) is 11.0 Å². The number of halogens is 2. The van der Waals surface area contributed by atoms with Crippen molar-refractivity contribution >= 4 is 33.8 Å². The highest BCUT2D eigenvalue weighted by atomic mass is 35.5. The zero-order chi connectivity index (χ0) is 15.8. The van der Waals surface area contributed by atoms with Crippen LogP contribution in [-0.2, 0) is 0 Å². The molecule has 1 aliphatic rings. The molecule has 116 valence electrons. The van der Waals surface area contributed by atoms with Gasteiger partial charge in [-0.15, -0.1) is 0 Å². The molecule has 0 atom stereocenters. The highest BCUT2D eigenvalue weighted by molar-refractivity contribution is 6.29. The van der Waals surface area contributed by atoms with Crippen LogP contribution in [0.25, 0.3) is 16.5 Å². The van der Waals surface area contributed by atoms with E-state index in [1.54, 1.807) is 6.20 Å². The SMILES string of the molecule is Fc1ccc2c(C3=CCN(c4ccnc(Cl)c4)CC3)c[nH]c2c1. The molecule has 1 N–H and O–H groups in total. The van der Waals surface area contributed by atoms with E-state index in [1.165, 1.54) is 17.7 Å². The maximum atomic E-state index is 13.3. The number of pyridine rings is 1. The fourth-order valence-electron chi connectivity index (χ4n) is 3.10. The van der Waals surface area contributed by atoms with Crippen LogP contribution < -0.4 is 4.90 Å². The number of rotatable bonds is 2. The summed E-state index contributed by atoms with van der Waals surface area (Å²) in [6.07, 6.45) is 6.86. The lowest BCUT2D eigenvalue weighted by atomic mass is 9.98. The lowest BCUT2D eigenvalue weighted by Crippen LogP contribution is -2.28. The van der Waals surface area contributed by atoms with Crippen molar-refractivity contribution in [3.8, 4) is 0 Å². The van der Waals surface area contributed by atoms with Crippen molar-refractivity contribution in [2.45, 2.75) is 6.42 Å². The Hall–Kier alpha value is -2.33. The van der Waals surface area contributed by atoms with E-state index in [9.17, 15) is 4.39 Å². The molecule has 0 amide bonds. The summed E-state index contributed by atoms with van der Waals surface area (Å²) in [6, 6.07) is 8.74. The molecule has 1 aliphatic heterocycles. The Morgan fingerprint density at radius 1 is 1.22 bits per heavy atom. The van der Waals surface area contributed by atoms with Crippen molar-refractivity contribution in [2.24, 2.45) is 0 Å². The molecule has 1 aromatic carbocycles. The highest BCUT2D eigenvalue weighted by Crippen LogP contribution is 2.31. The summed E-state index contributed by atoms with van der Waals surface area (Å²) >= 11 is 5.96. The zero-order valence-electron chi connectivity index (χ0n) is 12.4. The number of hydrogen-bond donors (Lipinski definition) is 1. The molecule has 3 aromatic rings. The number of aromatic nitrogens is 2. The van der Waals surface area contributed by atoms with Crippen molar-refractivity contribution in [1.29, 1.82) is 0 Å². The maximum Gasteiger partial charge on any atom is 0.131 e. The van der Waals surface area contributed by atoms with Gasteiger partial charge in [-0.25, -0.2) is 9.37 Å². The molecule has 0 aliphatic carbocycles. The molecule has 4 rings (SSSR count). The van der Waals surface area contributed by atoms with Gasteiger partial charge < -0.3 is 9.88 Å². The van der Waals surface area contributed by atoms with Crippen LogP contribution in [0.4, 0.5) is 10.1 Å². The van der Waals surface area contributed by atoms with E-state index in [0.29, 0.717) is 5.15 Å².